The highest BCUT2D eigenvalue weighted by atomic mass is 16.2. The smallest absolute Gasteiger partial charge is 0.254 e. The molecule has 1 saturated heterocycles. The van der Waals surface area contributed by atoms with Crippen LogP contribution < -0.4 is 5.73 Å². The Morgan fingerprint density at radius 2 is 2.31 bits per heavy atom. The summed E-state index contributed by atoms with van der Waals surface area (Å²) in [6.45, 7) is 5.25. The Labute approximate surface area is 95.5 Å². The Hall–Kier alpha value is -1.42. The summed E-state index contributed by atoms with van der Waals surface area (Å²) in [5.74, 6) is 0.0556. The average Bonchev–Trinajstić information content (AvgIpc) is 2.24. The summed E-state index contributed by atoms with van der Waals surface area (Å²) in [5.41, 5.74) is 7.42. The number of likely N-dealkylation sites (tertiary alicyclic amines) is 1. The highest BCUT2D eigenvalue weighted by Gasteiger charge is 2.40. The minimum absolute atomic E-state index is 0.0556. The number of nitrogens with two attached hydrogens (primary N) is 1. The van der Waals surface area contributed by atoms with Crippen molar-refractivity contribution in [2.24, 2.45) is 5.73 Å². The van der Waals surface area contributed by atoms with E-state index < -0.39 is 0 Å². The average molecular weight is 219 g/mol. The van der Waals surface area contributed by atoms with Gasteiger partial charge < -0.3 is 10.6 Å². The minimum atomic E-state index is -0.169. The molecule has 0 aromatic carbocycles. The van der Waals surface area contributed by atoms with Gasteiger partial charge in [0.2, 0.25) is 0 Å². The number of nitrogens with zero attached hydrogens (tertiary/aromatic N) is 2. The molecule has 0 atom stereocenters. The third-order valence-electron chi connectivity index (χ3n) is 3.15. The number of amides is 1. The van der Waals surface area contributed by atoms with E-state index in [4.69, 9.17) is 5.73 Å². The maximum absolute atomic E-state index is 12.0. The first kappa shape index (κ1) is 11.1. The predicted octanol–water partition coefficient (Wildman–Crippen LogP) is 0.953. The summed E-state index contributed by atoms with van der Waals surface area (Å²) in [4.78, 5) is 17.9. The number of aromatic nitrogens is 1. The first-order valence-electron chi connectivity index (χ1n) is 5.55. The number of aryl methyl sites for hydroxylation is 1. The number of rotatable bonds is 2. The summed E-state index contributed by atoms with van der Waals surface area (Å²) < 4.78 is 0. The van der Waals surface area contributed by atoms with Crippen LogP contribution in [0, 0.1) is 6.92 Å². The van der Waals surface area contributed by atoms with Crippen molar-refractivity contribution in [3.05, 3.63) is 29.6 Å². The van der Waals surface area contributed by atoms with Gasteiger partial charge in [-0.15, -0.1) is 0 Å². The fourth-order valence-corrected chi connectivity index (χ4v) is 1.94. The molecule has 1 aliphatic heterocycles. The maximum atomic E-state index is 12.0. The normalized spacial score (nSPS) is 18.1. The van der Waals surface area contributed by atoms with Crippen LogP contribution in [0.3, 0.4) is 0 Å². The third kappa shape index (κ3) is 1.93. The van der Waals surface area contributed by atoms with Gasteiger partial charge >= 0.3 is 0 Å². The summed E-state index contributed by atoms with van der Waals surface area (Å²) in [6.07, 6.45) is 2.57. The molecule has 2 heterocycles. The van der Waals surface area contributed by atoms with E-state index in [1.165, 1.54) is 0 Å². The Bertz CT molecular complexity index is 410. The molecule has 1 aromatic heterocycles. The third-order valence-corrected chi connectivity index (χ3v) is 3.15. The van der Waals surface area contributed by atoms with Crippen molar-refractivity contribution in [2.45, 2.75) is 25.8 Å². The second kappa shape index (κ2) is 3.87. The molecule has 1 amide bonds. The fraction of sp³-hybridized carbons (Fsp3) is 0.500. The van der Waals surface area contributed by atoms with Crippen molar-refractivity contribution in [3.8, 4) is 0 Å². The SMILES string of the molecule is CCC1(N)CN(C(=O)c2ccnc(C)c2)C1. The zero-order chi connectivity index (χ0) is 11.8. The first-order chi connectivity index (χ1) is 7.54. The zero-order valence-corrected chi connectivity index (χ0v) is 9.73. The molecule has 16 heavy (non-hydrogen) atoms. The summed E-state index contributed by atoms with van der Waals surface area (Å²) in [5, 5.41) is 0. The van der Waals surface area contributed by atoms with E-state index in [-0.39, 0.29) is 11.4 Å². The van der Waals surface area contributed by atoms with E-state index >= 15 is 0 Å². The van der Waals surface area contributed by atoms with Gasteiger partial charge in [0, 0.05) is 30.5 Å². The number of hydrogen-bond acceptors (Lipinski definition) is 3. The molecule has 0 saturated carbocycles. The van der Waals surface area contributed by atoms with E-state index in [0.717, 1.165) is 12.1 Å². The number of pyridine rings is 1. The molecule has 0 radical (unpaired) electrons. The molecule has 1 aromatic rings. The highest BCUT2D eigenvalue weighted by Crippen LogP contribution is 2.23. The van der Waals surface area contributed by atoms with Gasteiger partial charge in [0.25, 0.3) is 5.91 Å². The molecular formula is C12H17N3O. The lowest BCUT2D eigenvalue weighted by molar-refractivity contribution is 0.0401. The van der Waals surface area contributed by atoms with Crippen molar-refractivity contribution < 1.29 is 4.79 Å². The molecule has 0 aliphatic carbocycles. The van der Waals surface area contributed by atoms with Gasteiger partial charge in [0.1, 0.15) is 0 Å². The number of carbonyl (C=O) groups excluding carboxylic acids is 1. The molecule has 0 bridgehead atoms. The standard InChI is InChI=1S/C12H17N3O/c1-3-12(13)7-15(8-12)11(16)10-4-5-14-9(2)6-10/h4-6H,3,7-8,13H2,1-2H3. The van der Waals surface area contributed by atoms with Gasteiger partial charge in [0.15, 0.2) is 0 Å². The molecular weight excluding hydrogens is 202 g/mol. The van der Waals surface area contributed by atoms with Crippen molar-refractivity contribution in [1.29, 1.82) is 0 Å². The quantitative estimate of drug-likeness (QED) is 0.805. The lowest BCUT2D eigenvalue weighted by Gasteiger charge is -2.47. The van der Waals surface area contributed by atoms with E-state index in [1.54, 1.807) is 17.2 Å². The van der Waals surface area contributed by atoms with Gasteiger partial charge in [-0.25, -0.2) is 0 Å². The molecule has 4 nitrogen and oxygen atoms in total. The van der Waals surface area contributed by atoms with Crippen LogP contribution in [0.4, 0.5) is 0 Å². The van der Waals surface area contributed by atoms with Crippen molar-refractivity contribution in [3.63, 3.8) is 0 Å². The molecule has 4 heteroatoms. The van der Waals surface area contributed by atoms with E-state index in [2.05, 4.69) is 11.9 Å². The van der Waals surface area contributed by atoms with Crippen LogP contribution >= 0.6 is 0 Å². The predicted molar refractivity (Wildman–Crippen MR) is 62.1 cm³/mol. The highest BCUT2D eigenvalue weighted by molar-refractivity contribution is 5.95. The Balaban J connectivity index is 2.06. The largest absolute Gasteiger partial charge is 0.335 e. The summed E-state index contributed by atoms with van der Waals surface area (Å²) in [7, 11) is 0. The van der Waals surface area contributed by atoms with Crippen LogP contribution in [0.25, 0.3) is 0 Å². The molecule has 2 N–H and O–H groups in total. The van der Waals surface area contributed by atoms with E-state index in [1.807, 2.05) is 13.0 Å². The van der Waals surface area contributed by atoms with Gasteiger partial charge in [-0.3, -0.25) is 9.78 Å². The van der Waals surface area contributed by atoms with Crippen molar-refractivity contribution in [1.82, 2.24) is 9.88 Å². The van der Waals surface area contributed by atoms with E-state index in [9.17, 15) is 4.79 Å². The van der Waals surface area contributed by atoms with Crippen LogP contribution in [-0.2, 0) is 0 Å². The Morgan fingerprint density at radius 3 is 2.88 bits per heavy atom. The number of hydrogen-bond donors (Lipinski definition) is 1. The molecule has 86 valence electrons. The second-order valence-electron chi connectivity index (χ2n) is 4.56. The van der Waals surface area contributed by atoms with Gasteiger partial charge in [-0.2, -0.15) is 0 Å². The molecule has 2 rings (SSSR count). The van der Waals surface area contributed by atoms with Crippen LogP contribution in [0.2, 0.25) is 0 Å². The van der Waals surface area contributed by atoms with Crippen LogP contribution in [-0.4, -0.2) is 34.4 Å². The first-order valence-corrected chi connectivity index (χ1v) is 5.55. The van der Waals surface area contributed by atoms with Crippen LogP contribution in [0.1, 0.15) is 29.4 Å². The van der Waals surface area contributed by atoms with Gasteiger partial charge in [-0.05, 0) is 25.5 Å². The minimum Gasteiger partial charge on any atom is -0.335 e. The second-order valence-corrected chi connectivity index (χ2v) is 4.56. The molecule has 0 unspecified atom stereocenters. The Morgan fingerprint density at radius 1 is 1.62 bits per heavy atom. The summed E-state index contributed by atoms with van der Waals surface area (Å²) >= 11 is 0. The Kier molecular flexibility index (Phi) is 2.68. The summed E-state index contributed by atoms with van der Waals surface area (Å²) in [6, 6.07) is 3.56. The molecule has 1 aliphatic rings. The van der Waals surface area contributed by atoms with Gasteiger partial charge in [-0.1, -0.05) is 6.92 Å². The van der Waals surface area contributed by atoms with Crippen LogP contribution in [0.15, 0.2) is 18.3 Å². The van der Waals surface area contributed by atoms with Crippen molar-refractivity contribution >= 4 is 5.91 Å². The molecule has 1 fully saturated rings. The lowest BCUT2D eigenvalue weighted by atomic mass is 9.88. The van der Waals surface area contributed by atoms with E-state index in [0.29, 0.717) is 18.7 Å². The van der Waals surface area contributed by atoms with Crippen LogP contribution in [0.5, 0.6) is 0 Å². The van der Waals surface area contributed by atoms with Crippen molar-refractivity contribution in [2.75, 3.05) is 13.1 Å². The zero-order valence-electron chi connectivity index (χ0n) is 9.73. The fourth-order valence-electron chi connectivity index (χ4n) is 1.94. The lowest BCUT2D eigenvalue weighted by Crippen LogP contribution is -2.68. The topological polar surface area (TPSA) is 59.2 Å². The maximum Gasteiger partial charge on any atom is 0.254 e. The number of carbonyl (C=O) groups is 1. The van der Waals surface area contributed by atoms with Gasteiger partial charge in [0.05, 0.1) is 5.54 Å². The molecule has 0 spiro atoms. The monoisotopic (exact) mass is 219 g/mol.